The minimum Gasteiger partial charge on any atom is -0.392 e. The van der Waals surface area contributed by atoms with Gasteiger partial charge in [0.1, 0.15) is 0 Å². The molecule has 0 saturated carbocycles. The van der Waals surface area contributed by atoms with E-state index in [0.29, 0.717) is 0 Å². The Morgan fingerprint density at radius 1 is 1.37 bits per heavy atom. The van der Waals surface area contributed by atoms with Crippen LogP contribution in [0.1, 0.15) is 17.7 Å². The summed E-state index contributed by atoms with van der Waals surface area (Å²) in [5, 5.41) is 9.53. The minimum atomic E-state index is -0.140. The van der Waals surface area contributed by atoms with Crippen LogP contribution in [0.15, 0.2) is 29.8 Å². The summed E-state index contributed by atoms with van der Waals surface area (Å²) in [5.74, 6) is 0. The Labute approximate surface area is 117 Å². The van der Waals surface area contributed by atoms with Crippen LogP contribution < -0.4 is 0 Å². The van der Waals surface area contributed by atoms with Gasteiger partial charge in [-0.3, -0.25) is 4.90 Å². The molecule has 0 amide bonds. The average Bonchev–Trinajstić information content (AvgIpc) is 3.00. The second kappa shape index (κ2) is 5.41. The molecule has 1 aliphatic heterocycles. The van der Waals surface area contributed by atoms with Gasteiger partial charge in [0.15, 0.2) is 0 Å². The number of aromatic nitrogens is 1. The zero-order chi connectivity index (χ0) is 13.2. The van der Waals surface area contributed by atoms with Gasteiger partial charge in [-0.05, 0) is 24.5 Å². The van der Waals surface area contributed by atoms with Gasteiger partial charge < -0.3 is 5.11 Å². The van der Waals surface area contributed by atoms with Crippen LogP contribution in [0.2, 0.25) is 0 Å². The number of likely N-dealkylation sites (tertiary alicyclic amines) is 1. The number of nitrogens with zero attached hydrogens (tertiary/aromatic N) is 2. The zero-order valence-electron chi connectivity index (χ0n) is 11.0. The molecule has 1 N–H and O–H groups in total. The summed E-state index contributed by atoms with van der Waals surface area (Å²) in [4.78, 5) is 7.85. The largest absolute Gasteiger partial charge is 0.392 e. The molecule has 1 aromatic carbocycles. The van der Waals surface area contributed by atoms with Crippen molar-refractivity contribution >= 4 is 11.3 Å². The van der Waals surface area contributed by atoms with Gasteiger partial charge in [0.25, 0.3) is 0 Å². The number of thiazole rings is 1. The molecule has 0 radical (unpaired) electrons. The summed E-state index contributed by atoms with van der Waals surface area (Å²) >= 11 is 1.69. The molecule has 0 unspecified atom stereocenters. The Kier molecular flexibility index (Phi) is 3.64. The number of aliphatic hydroxyl groups excluding tert-OH is 1. The van der Waals surface area contributed by atoms with Crippen molar-refractivity contribution in [3.63, 3.8) is 0 Å². The van der Waals surface area contributed by atoms with Crippen LogP contribution in [-0.2, 0) is 6.54 Å². The number of benzene rings is 1. The molecule has 4 heteroatoms. The van der Waals surface area contributed by atoms with Gasteiger partial charge >= 0.3 is 0 Å². The maximum Gasteiger partial charge on any atom is 0.0801 e. The highest BCUT2D eigenvalue weighted by atomic mass is 32.1. The molecule has 1 aromatic heterocycles. The first-order chi connectivity index (χ1) is 9.22. The lowest BCUT2D eigenvalue weighted by atomic mass is 10.1. The standard InChI is InChI=1S/C15H18N2OS/c1-11-15(19-10-16-11)13-4-2-12(3-5-13)8-17-7-6-14(18)9-17/h2-5,10,14,18H,6-9H2,1H3/t14-/m0/s1. The maximum atomic E-state index is 9.53. The van der Waals surface area contributed by atoms with Crippen LogP contribution in [0, 0.1) is 6.92 Å². The molecular weight excluding hydrogens is 256 g/mol. The average molecular weight is 274 g/mol. The van der Waals surface area contributed by atoms with E-state index in [1.165, 1.54) is 16.0 Å². The second-order valence-corrected chi connectivity index (χ2v) is 6.00. The van der Waals surface area contributed by atoms with Gasteiger partial charge in [-0.2, -0.15) is 0 Å². The quantitative estimate of drug-likeness (QED) is 0.935. The topological polar surface area (TPSA) is 36.4 Å². The van der Waals surface area contributed by atoms with Crippen molar-refractivity contribution in [2.45, 2.75) is 26.0 Å². The molecule has 2 aromatic rings. The molecular formula is C15H18N2OS. The first-order valence-electron chi connectivity index (χ1n) is 6.62. The molecule has 19 heavy (non-hydrogen) atoms. The Morgan fingerprint density at radius 2 is 2.16 bits per heavy atom. The number of β-amino-alcohol motifs (C(OH)–C–C–N with tert-alkyl or cyclic N) is 1. The molecule has 1 aliphatic rings. The molecule has 100 valence electrons. The van der Waals surface area contributed by atoms with E-state index in [0.717, 1.165) is 31.7 Å². The predicted molar refractivity (Wildman–Crippen MR) is 78.2 cm³/mol. The molecule has 1 fully saturated rings. The minimum absolute atomic E-state index is 0.140. The molecule has 3 rings (SSSR count). The highest BCUT2D eigenvalue weighted by molar-refractivity contribution is 7.13. The lowest BCUT2D eigenvalue weighted by Gasteiger charge is -2.15. The highest BCUT2D eigenvalue weighted by Gasteiger charge is 2.19. The van der Waals surface area contributed by atoms with Gasteiger partial charge in [-0.15, -0.1) is 11.3 Å². The Bertz CT molecular complexity index is 550. The molecule has 0 aliphatic carbocycles. The maximum absolute atomic E-state index is 9.53. The third-order valence-electron chi connectivity index (χ3n) is 3.62. The van der Waals surface area contributed by atoms with Crippen molar-refractivity contribution in [1.82, 2.24) is 9.88 Å². The van der Waals surface area contributed by atoms with Crippen molar-refractivity contribution in [3.05, 3.63) is 41.0 Å². The summed E-state index contributed by atoms with van der Waals surface area (Å²) in [5.41, 5.74) is 5.54. The molecule has 0 bridgehead atoms. The van der Waals surface area contributed by atoms with Gasteiger partial charge in [0.05, 0.1) is 22.2 Å². The van der Waals surface area contributed by atoms with Crippen molar-refractivity contribution in [1.29, 1.82) is 0 Å². The van der Waals surface area contributed by atoms with Gasteiger partial charge in [0, 0.05) is 19.6 Å². The molecule has 3 nitrogen and oxygen atoms in total. The highest BCUT2D eigenvalue weighted by Crippen LogP contribution is 2.27. The summed E-state index contributed by atoms with van der Waals surface area (Å²) in [6, 6.07) is 8.70. The van der Waals surface area contributed by atoms with Crippen molar-refractivity contribution in [2.24, 2.45) is 0 Å². The SMILES string of the molecule is Cc1ncsc1-c1ccc(CN2CC[C@H](O)C2)cc1. The summed E-state index contributed by atoms with van der Waals surface area (Å²) in [7, 11) is 0. The summed E-state index contributed by atoms with van der Waals surface area (Å²) in [6.45, 7) is 4.77. The van der Waals surface area contributed by atoms with Gasteiger partial charge in [-0.25, -0.2) is 4.98 Å². The van der Waals surface area contributed by atoms with E-state index in [4.69, 9.17) is 0 Å². The van der Waals surface area contributed by atoms with Crippen LogP contribution >= 0.6 is 11.3 Å². The van der Waals surface area contributed by atoms with E-state index in [-0.39, 0.29) is 6.10 Å². The fraction of sp³-hybridized carbons (Fsp3) is 0.400. The third-order valence-corrected chi connectivity index (χ3v) is 4.59. The van der Waals surface area contributed by atoms with Crippen LogP contribution in [0.5, 0.6) is 0 Å². The summed E-state index contributed by atoms with van der Waals surface area (Å²) in [6.07, 6.45) is 0.761. The number of hydrogen-bond donors (Lipinski definition) is 1. The Hall–Kier alpha value is -1.23. The monoisotopic (exact) mass is 274 g/mol. The van der Waals surface area contributed by atoms with Crippen LogP contribution in [0.25, 0.3) is 10.4 Å². The first-order valence-corrected chi connectivity index (χ1v) is 7.50. The lowest BCUT2D eigenvalue weighted by Crippen LogP contribution is -2.21. The van der Waals surface area contributed by atoms with Crippen LogP contribution in [0.4, 0.5) is 0 Å². The van der Waals surface area contributed by atoms with Gasteiger partial charge in [-0.1, -0.05) is 24.3 Å². The molecule has 2 heterocycles. The number of aliphatic hydroxyl groups is 1. The smallest absolute Gasteiger partial charge is 0.0801 e. The Morgan fingerprint density at radius 3 is 2.74 bits per heavy atom. The molecule has 1 atom stereocenters. The van der Waals surface area contributed by atoms with E-state index in [2.05, 4.69) is 34.1 Å². The fourth-order valence-corrected chi connectivity index (χ4v) is 3.37. The van der Waals surface area contributed by atoms with Crippen LogP contribution in [-0.4, -0.2) is 34.2 Å². The van der Waals surface area contributed by atoms with E-state index >= 15 is 0 Å². The normalized spacial score (nSPS) is 20.0. The predicted octanol–water partition coefficient (Wildman–Crippen LogP) is 2.69. The zero-order valence-corrected chi connectivity index (χ0v) is 11.9. The van der Waals surface area contributed by atoms with Crippen LogP contribution in [0.3, 0.4) is 0 Å². The first kappa shape index (κ1) is 12.8. The second-order valence-electron chi connectivity index (χ2n) is 5.14. The number of hydrogen-bond acceptors (Lipinski definition) is 4. The third kappa shape index (κ3) is 2.86. The van der Waals surface area contributed by atoms with Crippen molar-refractivity contribution in [3.8, 4) is 10.4 Å². The molecule has 1 saturated heterocycles. The molecule has 0 spiro atoms. The number of rotatable bonds is 3. The lowest BCUT2D eigenvalue weighted by molar-refractivity contribution is 0.175. The van der Waals surface area contributed by atoms with Crippen molar-refractivity contribution < 1.29 is 5.11 Å². The van der Waals surface area contributed by atoms with Crippen molar-refractivity contribution in [2.75, 3.05) is 13.1 Å². The van der Waals surface area contributed by atoms with Gasteiger partial charge in [0.2, 0.25) is 0 Å². The van der Waals surface area contributed by atoms with E-state index in [1.807, 2.05) is 12.4 Å². The Balaban J connectivity index is 1.71. The number of aryl methyl sites for hydroxylation is 1. The van der Waals surface area contributed by atoms with E-state index in [9.17, 15) is 5.11 Å². The van der Waals surface area contributed by atoms with E-state index < -0.39 is 0 Å². The fourth-order valence-electron chi connectivity index (χ4n) is 2.55. The van der Waals surface area contributed by atoms with E-state index in [1.54, 1.807) is 11.3 Å². The summed E-state index contributed by atoms with van der Waals surface area (Å²) < 4.78 is 0.